The van der Waals surface area contributed by atoms with E-state index in [1.165, 1.54) is 18.6 Å². The van der Waals surface area contributed by atoms with E-state index in [0.29, 0.717) is 11.3 Å². The Balaban J connectivity index is 0.00000220. The third-order valence-electron chi connectivity index (χ3n) is 3.56. The zero-order valence-corrected chi connectivity index (χ0v) is 16.4. The first-order chi connectivity index (χ1) is 9.63. The molecule has 3 nitrogen and oxygen atoms in total. The molecule has 1 aromatic rings. The molecule has 1 heterocycles. The molecule has 1 saturated heterocycles. The number of rotatable bonds is 4. The summed E-state index contributed by atoms with van der Waals surface area (Å²) in [6.07, 6.45) is 2.58. The first-order valence-electron chi connectivity index (χ1n) is 6.95. The predicted octanol–water partition coefficient (Wildman–Crippen LogP) is 3.91. The number of guanidine groups is 1. The molecule has 0 saturated carbocycles. The summed E-state index contributed by atoms with van der Waals surface area (Å²) in [5.74, 6) is 2.10. The first kappa shape index (κ1) is 18.9. The van der Waals surface area contributed by atoms with Crippen molar-refractivity contribution in [3.05, 3.63) is 34.9 Å². The van der Waals surface area contributed by atoms with E-state index < -0.39 is 0 Å². The Labute approximate surface area is 153 Å². The summed E-state index contributed by atoms with van der Waals surface area (Å²) in [5, 5.41) is 7.52. The lowest BCUT2D eigenvalue weighted by Gasteiger charge is -2.24. The Morgan fingerprint density at radius 3 is 2.76 bits per heavy atom. The highest BCUT2D eigenvalue weighted by molar-refractivity contribution is 14.0. The number of thioether (sulfide) groups is 1. The third kappa shape index (κ3) is 5.87. The second kappa shape index (κ2) is 9.10. The Bertz CT molecular complexity index is 476. The molecule has 1 aliphatic rings. The molecule has 1 unspecified atom stereocenters. The highest BCUT2D eigenvalue weighted by atomic mass is 127. The maximum atomic E-state index is 6.15. The van der Waals surface area contributed by atoms with Crippen LogP contribution in [0.5, 0.6) is 0 Å². The minimum absolute atomic E-state index is 0. The summed E-state index contributed by atoms with van der Waals surface area (Å²) in [6.45, 7) is 3.95. The number of nitrogens with one attached hydrogen (secondary N) is 2. The molecule has 118 valence electrons. The van der Waals surface area contributed by atoms with Crippen molar-refractivity contribution in [1.82, 2.24) is 10.6 Å². The van der Waals surface area contributed by atoms with Gasteiger partial charge in [0, 0.05) is 29.9 Å². The molecule has 1 fully saturated rings. The lowest BCUT2D eigenvalue weighted by atomic mass is 10.1. The Morgan fingerprint density at radius 2 is 2.14 bits per heavy atom. The molecule has 0 radical (unpaired) electrons. The van der Waals surface area contributed by atoms with Gasteiger partial charge in [0.2, 0.25) is 0 Å². The van der Waals surface area contributed by atoms with Crippen molar-refractivity contribution in [2.24, 2.45) is 4.99 Å². The molecule has 0 spiro atoms. The van der Waals surface area contributed by atoms with Crippen molar-refractivity contribution in [3.63, 3.8) is 0 Å². The average Bonchev–Trinajstić information content (AvgIpc) is 2.88. The SMILES string of the molecule is CN=C(NCc1ccccc1Cl)NCC1(C)CCCS1.I. The van der Waals surface area contributed by atoms with Crippen molar-refractivity contribution in [1.29, 1.82) is 0 Å². The summed E-state index contributed by atoms with van der Waals surface area (Å²) >= 11 is 8.20. The number of halogens is 2. The number of hydrogen-bond donors (Lipinski definition) is 2. The molecular weight excluding hydrogens is 417 g/mol. The Morgan fingerprint density at radius 1 is 1.38 bits per heavy atom. The van der Waals surface area contributed by atoms with Crippen molar-refractivity contribution < 1.29 is 0 Å². The number of aliphatic imine (C=N–C) groups is 1. The summed E-state index contributed by atoms with van der Waals surface area (Å²) in [5.41, 5.74) is 1.08. The molecule has 0 amide bonds. The normalized spacial score (nSPS) is 21.8. The van der Waals surface area contributed by atoms with Crippen LogP contribution in [0.3, 0.4) is 0 Å². The topological polar surface area (TPSA) is 36.4 Å². The molecule has 6 heteroatoms. The van der Waals surface area contributed by atoms with Gasteiger partial charge in [0.25, 0.3) is 0 Å². The molecule has 1 aliphatic heterocycles. The van der Waals surface area contributed by atoms with Crippen LogP contribution in [0.25, 0.3) is 0 Å². The quantitative estimate of drug-likeness (QED) is 0.424. The lowest BCUT2D eigenvalue weighted by molar-refractivity contribution is 0.584. The van der Waals surface area contributed by atoms with Crippen LogP contribution in [0.2, 0.25) is 5.02 Å². The number of benzene rings is 1. The van der Waals surface area contributed by atoms with Crippen LogP contribution < -0.4 is 10.6 Å². The average molecular weight is 440 g/mol. The summed E-state index contributed by atoms with van der Waals surface area (Å²) in [7, 11) is 1.80. The monoisotopic (exact) mass is 439 g/mol. The van der Waals surface area contributed by atoms with Crippen LogP contribution in [-0.4, -0.2) is 30.1 Å². The number of hydrogen-bond acceptors (Lipinski definition) is 2. The van der Waals surface area contributed by atoms with Crippen LogP contribution >= 0.6 is 47.3 Å². The predicted molar refractivity (Wildman–Crippen MR) is 105 cm³/mol. The van der Waals surface area contributed by atoms with Crippen LogP contribution in [0.15, 0.2) is 29.3 Å². The molecule has 0 bridgehead atoms. The van der Waals surface area contributed by atoms with Crippen LogP contribution in [0, 0.1) is 0 Å². The van der Waals surface area contributed by atoms with Crippen molar-refractivity contribution in [3.8, 4) is 0 Å². The maximum absolute atomic E-state index is 6.15. The first-order valence-corrected chi connectivity index (χ1v) is 8.31. The van der Waals surface area contributed by atoms with Gasteiger partial charge in [-0.2, -0.15) is 11.8 Å². The molecule has 0 aliphatic carbocycles. The smallest absolute Gasteiger partial charge is 0.191 e. The van der Waals surface area contributed by atoms with Crippen LogP contribution in [-0.2, 0) is 6.54 Å². The van der Waals surface area contributed by atoms with Gasteiger partial charge >= 0.3 is 0 Å². The fourth-order valence-electron chi connectivity index (χ4n) is 2.29. The van der Waals surface area contributed by atoms with Gasteiger partial charge in [0.1, 0.15) is 0 Å². The van der Waals surface area contributed by atoms with Gasteiger partial charge in [-0.15, -0.1) is 24.0 Å². The van der Waals surface area contributed by atoms with Gasteiger partial charge in [-0.3, -0.25) is 4.99 Å². The van der Waals surface area contributed by atoms with Crippen molar-refractivity contribution >= 4 is 53.3 Å². The molecule has 1 atom stereocenters. The van der Waals surface area contributed by atoms with Gasteiger partial charge in [0.05, 0.1) is 0 Å². The van der Waals surface area contributed by atoms with E-state index in [1.807, 2.05) is 36.0 Å². The van der Waals surface area contributed by atoms with Gasteiger partial charge in [0.15, 0.2) is 5.96 Å². The minimum atomic E-state index is 0. The van der Waals surface area contributed by atoms with E-state index in [1.54, 1.807) is 7.05 Å². The zero-order valence-electron chi connectivity index (χ0n) is 12.5. The maximum Gasteiger partial charge on any atom is 0.191 e. The molecule has 2 N–H and O–H groups in total. The third-order valence-corrected chi connectivity index (χ3v) is 5.46. The van der Waals surface area contributed by atoms with E-state index in [4.69, 9.17) is 11.6 Å². The molecular formula is C15H23ClIN3S. The van der Waals surface area contributed by atoms with E-state index >= 15 is 0 Å². The van der Waals surface area contributed by atoms with Gasteiger partial charge in [-0.25, -0.2) is 0 Å². The molecule has 0 aromatic heterocycles. The fraction of sp³-hybridized carbons (Fsp3) is 0.533. The van der Waals surface area contributed by atoms with Crippen molar-refractivity contribution in [2.75, 3.05) is 19.3 Å². The van der Waals surface area contributed by atoms with Crippen molar-refractivity contribution in [2.45, 2.75) is 31.1 Å². The van der Waals surface area contributed by atoms with Gasteiger partial charge < -0.3 is 10.6 Å². The summed E-state index contributed by atoms with van der Waals surface area (Å²) in [6, 6.07) is 7.87. The molecule has 2 rings (SSSR count). The summed E-state index contributed by atoms with van der Waals surface area (Å²) < 4.78 is 0.335. The standard InChI is InChI=1S/C15H22ClN3S.HI/c1-15(8-5-9-20-15)11-19-14(17-2)18-10-12-6-3-4-7-13(12)16;/h3-4,6-7H,5,8-11H2,1-2H3,(H2,17,18,19);1H. The molecule has 21 heavy (non-hydrogen) atoms. The summed E-state index contributed by atoms with van der Waals surface area (Å²) in [4.78, 5) is 4.27. The van der Waals surface area contributed by atoms with Crippen LogP contribution in [0.4, 0.5) is 0 Å². The largest absolute Gasteiger partial charge is 0.355 e. The highest BCUT2D eigenvalue weighted by Crippen LogP contribution is 2.36. The second-order valence-electron chi connectivity index (χ2n) is 5.27. The van der Waals surface area contributed by atoms with Gasteiger partial charge in [-0.1, -0.05) is 29.8 Å². The van der Waals surface area contributed by atoms with E-state index in [-0.39, 0.29) is 24.0 Å². The Hall–Kier alpha value is -0.140. The second-order valence-corrected chi connectivity index (χ2v) is 7.36. The zero-order chi connectivity index (χ0) is 14.4. The van der Waals surface area contributed by atoms with E-state index in [9.17, 15) is 0 Å². The molecule has 1 aromatic carbocycles. The number of nitrogens with zero attached hydrogens (tertiary/aromatic N) is 1. The lowest BCUT2D eigenvalue weighted by Crippen LogP contribution is -2.43. The Kier molecular flexibility index (Phi) is 8.19. The highest BCUT2D eigenvalue weighted by Gasteiger charge is 2.29. The van der Waals surface area contributed by atoms with E-state index in [0.717, 1.165) is 23.1 Å². The van der Waals surface area contributed by atoms with Crippen LogP contribution in [0.1, 0.15) is 25.3 Å². The minimum Gasteiger partial charge on any atom is -0.355 e. The fourth-order valence-corrected chi connectivity index (χ4v) is 3.74. The van der Waals surface area contributed by atoms with Gasteiger partial charge in [-0.05, 0) is 37.1 Å². The van der Waals surface area contributed by atoms with E-state index in [2.05, 4.69) is 22.5 Å².